The lowest BCUT2D eigenvalue weighted by Gasteiger charge is -2.47. The van der Waals surface area contributed by atoms with Gasteiger partial charge in [-0.25, -0.2) is 9.59 Å². The Kier molecular flexibility index (Phi) is 4.46. The van der Waals surface area contributed by atoms with E-state index >= 15 is 0 Å². The van der Waals surface area contributed by atoms with Crippen LogP contribution in [0.25, 0.3) is 0 Å². The second kappa shape index (κ2) is 5.83. The number of carboxylic acids is 1. The van der Waals surface area contributed by atoms with Crippen LogP contribution in [0, 0.1) is 5.41 Å². The van der Waals surface area contributed by atoms with E-state index in [-0.39, 0.29) is 11.5 Å². The first kappa shape index (κ1) is 16.1. The van der Waals surface area contributed by atoms with Crippen molar-refractivity contribution < 1.29 is 24.2 Å². The third-order valence-electron chi connectivity index (χ3n) is 4.29. The van der Waals surface area contributed by atoms with Gasteiger partial charge >= 0.3 is 12.1 Å². The van der Waals surface area contributed by atoms with Gasteiger partial charge in [-0.1, -0.05) is 0 Å². The number of hydrogen-bond donors (Lipinski definition) is 1. The van der Waals surface area contributed by atoms with Crippen molar-refractivity contribution in [2.45, 2.75) is 58.2 Å². The van der Waals surface area contributed by atoms with Crippen LogP contribution in [0.1, 0.15) is 46.5 Å². The minimum Gasteiger partial charge on any atom is -0.479 e. The molecular formula is C15H25NO5. The highest BCUT2D eigenvalue weighted by Crippen LogP contribution is 2.43. The second-order valence-electron chi connectivity index (χ2n) is 7.02. The number of amides is 1. The van der Waals surface area contributed by atoms with E-state index in [1.165, 1.54) is 0 Å². The number of nitrogens with zero attached hydrogens (tertiary/aromatic N) is 1. The van der Waals surface area contributed by atoms with Crippen LogP contribution in [0.2, 0.25) is 0 Å². The maximum absolute atomic E-state index is 12.1. The number of ether oxygens (including phenoxy) is 2. The van der Waals surface area contributed by atoms with Crippen molar-refractivity contribution in [2.24, 2.45) is 5.41 Å². The number of piperidine rings is 1. The van der Waals surface area contributed by atoms with E-state index in [1.807, 2.05) is 20.8 Å². The first-order valence-corrected chi connectivity index (χ1v) is 7.56. The topological polar surface area (TPSA) is 76.1 Å². The summed E-state index contributed by atoms with van der Waals surface area (Å²) in [6.45, 7) is 7.09. The van der Waals surface area contributed by atoms with Crippen molar-refractivity contribution in [3.63, 3.8) is 0 Å². The first-order valence-electron chi connectivity index (χ1n) is 7.56. The van der Waals surface area contributed by atoms with Crippen molar-refractivity contribution in [3.05, 3.63) is 0 Å². The number of carbonyl (C=O) groups excluding carboxylic acids is 1. The van der Waals surface area contributed by atoms with Gasteiger partial charge in [-0.2, -0.15) is 0 Å². The lowest BCUT2D eigenvalue weighted by molar-refractivity contribution is -0.172. The van der Waals surface area contributed by atoms with E-state index in [2.05, 4.69) is 0 Å². The quantitative estimate of drug-likeness (QED) is 0.803. The average molecular weight is 299 g/mol. The molecule has 2 fully saturated rings. The van der Waals surface area contributed by atoms with Gasteiger partial charge in [0.2, 0.25) is 0 Å². The van der Waals surface area contributed by atoms with Gasteiger partial charge in [-0.15, -0.1) is 0 Å². The Hall–Kier alpha value is -1.30. The van der Waals surface area contributed by atoms with Crippen LogP contribution in [-0.4, -0.2) is 53.5 Å². The Bertz CT molecular complexity index is 407. The van der Waals surface area contributed by atoms with E-state index in [9.17, 15) is 14.7 Å². The Labute approximate surface area is 125 Å². The van der Waals surface area contributed by atoms with E-state index in [1.54, 1.807) is 4.90 Å². The maximum atomic E-state index is 12.1. The highest BCUT2D eigenvalue weighted by atomic mass is 16.6. The molecule has 0 aliphatic carbocycles. The molecule has 0 bridgehead atoms. The number of carboxylic acid groups (broad SMARTS) is 1. The van der Waals surface area contributed by atoms with E-state index < -0.39 is 17.7 Å². The van der Waals surface area contributed by atoms with Crippen LogP contribution in [0.3, 0.4) is 0 Å². The van der Waals surface area contributed by atoms with Gasteiger partial charge < -0.3 is 19.5 Å². The molecule has 2 saturated heterocycles. The highest BCUT2D eigenvalue weighted by molar-refractivity contribution is 5.74. The lowest BCUT2D eigenvalue weighted by atomic mass is 9.69. The number of hydrogen-bond acceptors (Lipinski definition) is 4. The van der Waals surface area contributed by atoms with Crippen LogP contribution in [-0.2, 0) is 14.3 Å². The number of aliphatic carboxylic acids is 1. The standard InChI is InChI=1S/C15H25NO5/c1-14(2,3)21-13(19)16-8-6-15(7-9-16)5-4-10-20-11(15)12(17)18/h11H,4-10H2,1-3H3,(H,17,18). The predicted octanol–water partition coefficient (Wildman–Crippen LogP) is 2.27. The molecule has 1 atom stereocenters. The minimum absolute atomic E-state index is 0.319. The molecular weight excluding hydrogens is 274 g/mol. The molecule has 6 heteroatoms. The summed E-state index contributed by atoms with van der Waals surface area (Å²) in [5.41, 5.74) is -0.841. The van der Waals surface area contributed by atoms with Crippen LogP contribution in [0.15, 0.2) is 0 Å². The van der Waals surface area contributed by atoms with Gasteiger partial charge in [-0.05, 0) is 46.5 Å². The summed E-state index contributed by atoms with van der Waals surface area (Å²) in [5.74, 6) is -0.889. The number of likely N-dealkylation sites (tertiary alicyclic amines) is 1. The molecule has 0 aromatic carbocycles. The zero-order valence-electron chi connectivity index (χ0n) is 13.1. The molecule has 0 saturated carbocycles. The number of carbonyl (C=O) groups is 2. The maximum Gasteiger partial charge on any atom is 0.410 e. The molecule has 2 aliphatic heterocycles. The van der Waals surface area contributed by atoms with Gasteiger partial charge in [0.05, 0.1) is 0 Å². The van der Waals surface area contributed by atoms with Crippen LogP contribution in [0.4, 0.5) is 4.79 Å². The van der Waals surface area contributed by atoms with E-state index in [4.69, 9.17) is 9.47 Å². The number of rotatable bonds is 1. The lowest BCUT2D eigenvalue weighted by Crippen LogP contribution is -2.53. The van der Waals surface area contributed by atoms with E-state index in [0.29, 0.717) is 32.5 Å². The van der Waals surface area contributed by atoms with Gasteiger partial charge in [0.1, 0.15) is 5.60 Å². The summed E-state index contributed by atoms with van der Waals surface area (Å²) in [7, 11) is 0. The predicted molar refractivity (Wildman–Crippen MR) is 76.1 cm³/mol. The van der Waals surface area contributed by atoms with Gasteiger partial charge in [0, 0.05) is 25.1 Å². The molecule has 1 spiro atoms. The Morgan fingerprint density at radius 1 is 1.24 bits per heavy atom. The molecule has 1 amide bonds. The summed E-state index contributed by atoms with van der Waals surface area (Å²) in [4.78, 5) is 25.1. The van der Waals surface area contributed by atoms with Gasteiger partial charge in [0.15, 0.2) is 6.10 Å². The summed E-state index contributed by atoms with van der Waals surface area (Å²) >= 11 is 0. The van der Waals surface area contributed by atoms with Crippen molar-refractivity contribution in [2.75, 3.05) is 19.7 Å². The molecule has 2 rings (SSSR count). The summed E-state index contributed by atoms with van der Waals surface area (Å²) in [5, 5.41) is 9.35. The molecule has 120 valence electrons. The van der Waals surface area contributed by atoms with Crippen molar-refractivity contribution >= 4 is 12.1 Å². The second-order valence-corrected chi connectivity index (χ2v) is 7.02. The summed E-state index contributed by atoms with van der Waals surface area (Å²) in [6, 6.07) is 0. The highest BCUT2D eigenvalue weighted by Gasteiger charge is 2.48. The van der Waals surface area contributed by atoms with Crippen molar-refractivity contribution in [1.82, 2.24) is 4.90 Å². The zero-order chi connectivity index (χ0) is 15.7. The fourth-order valence-electron chi connectivity index (χ4n) is 3.24. The zero-order valence-corrected chi connectivity index (χ0v) is 13.1. The molecule has 1 N–H and O–H groups in total. The van der Waals surface area contributed by atoms with Crippen molar-refractivity contribution in [3.8, 4) is 0 Å². The smallest absolute Gasteiger partial charge is 0.410 e. The monoisotopic (exact) mass is 299 g/mol. The van der Waals surface area contributed by atoms with Gasteiger partial charge in [0.25, 0.3) is 0 Å². The fourth-order valence-corrected chi connectivity index (χ4v) is 3.24. The molecule has 0 aromatic heterocycles. The molecule has 1 unspecified atom stereocenters. The van der Waals surface area contributed by atoms with E-state index in [0.717, 1.165) is 12.8 Å². The molecule has 0 radical (unpaired) electrons. The molecule has 2 heterocycles. The Morgan fingerprint density at radius 3 is 2.38 bits per heavy atom. The third kappa shape index (κ3) is 3.67. The summed E-state index contributed by atoms with van der Waals surface area (Å²) in [6.07, 6.45) is 1.99. The van der Waals surface area contributed by atoms with Crippen molar-refractivity contribution in [1.29, 1.82) is 0 Å². The molecule has 6 nitrogen and oxygen atoms in total. The van der Waals surface area contributed by atoms with Crippen LogP contribution in [0.5, 0.6) is 0 Å². The summed E-state index contributed by atoms with van der Waals surface area (Å²) < 4.78 is 10.8. The normalized spacial score (nSPS) is 25.7. The Morgan fingerprint density at radius 2 is 1.86 bits per heavy atom. The fraction of sp³-hybridized carbons (Fsp3) is 0.867. The molecule has 21 heavy (non-hydrogen) atoms. The average Bonchev–Trinajstić information content (AvgIpc) is 2.37. The first-order chi connectivity index (χ1) is 9.73. The Balaban J connectivity index is 1.98. The molecule has 0 aromatic rings. The van der Waals surface area contributed by atoms with Crippen LogP contribution < -0.4 is 0 Å². The minimum atomic E-state index is -0.889. The van der Waals surface area contributed by atoms with Crippen LogP contribution >= 0.6 is 0 Å². The molecule has 2 aliphatic rings. The van der Waals surface area contributed by atoms with Gasteiger partial charge in [-0.3, -0.25) is 0 Å². The third-order valence-corrected chi connectivity index (χ3v) is 4.29. The SMILES string of the molecule is CC(C)(C)OC(=O)N1CCC2(CCCOC2C(=O)O)CC1. The largest absolute Gasteiger partial charge is 0.479 e.